The molecule has 49 heavy (non-hydrogen) atoms. The first-order valence-electron chi connectivity index (χ1n) is 19.0. The summed E-state index contributed by atoms with van der Waals surface area (Å²) >= 11 is 0. The Morgan fingerprint density at radius 1 is 0.878 bits per heavy atom. The van der Waals surface area contributed by atoms with Gasteiger partial charge >= 0.3 is 17.9 Å². The molecule has 274 valence electrons. The van der Waals surface area contributed by atoms with Gasteiger partial charge in [0, 0.05) is 23.3 Å². The molecule has 0 spiro atoms. The third-order valence-corrected chi connectivity index (χ3v) is 14.8. The molecular weight excluding hydrogens is 616 g/mol. The molecule has 5 rings (SSSR count). The Kier molecular flexibility index (Phi) is 9.32. The standard InChI is InChI=1S/C42H64O7/c1-25(2)33-27(43)23-42(20-17-31(44)45)22-21-40(11)26(34(33)42)13-14-29-39(10)18-16-30(38(8,9)28(39)15-19-41(29,40)12)48-32(46)24-37(6,7)35(47)49-36(3,4)5/h17,20,25-26,28-30H,13-16,18-19,21-24H2,1-12H3,(H,44,45)/b20-17+/t26-,28+,29-,30+,39+,40-,41-,42+/m1/s1. The zero-order chi connectivity index (χ0) is 36.8. The summed E-state index contributed by atoms with van der Waals surface area (Å²) in [6.07, 6.45) is 11.1. The number of esters is 2. The fourth-order valence-corrected chi connectivity index (χ4v) is 12.3. The number of Topliss-reactive ketones (excluding diaryl/α,β-unsaturated/α-hetero) is 1. The van der Waals surface area contributed by atoms with Crippen LogP contribution in [-0.4, -0.2) is 40.5 Å². The maximum Gasteiger partial charge on any atom is 0.328 e. The van der Waals surface area contributed by atoms with Gasteiger partial charge in [-0.25, -0.2) is 4.79 Å². The van der Waals surface area contributed by atoms with Crippen molar-refractivity contribution in [2.24, 2.45) is 56.2 Å². The lowest BCUT2D eigenvalue weighted by atomic mass is 9.33. The summed E-state index contributed by atoms with van der Waals surface area (Å²) in [5.41, 5.74) is 0.0305. The molecule has 4 saturated carbocycles. The highest BCUT2D eigenvalue weighted by Crippen LogP contribution is 2.77. The van der Waals surface area contributed by atoms with Crippen molar-refractivity contribution in [2.75, 3.05) is 0 Å². The second-order valence-corrected chi connectivity index (χ2v) is 19.9. The Balaban J connectivity index is 1.40. The van der Waals surface area contributed by atoms with E-state index in [1.165, 1.54) is 11.6 Å². The van der Waals surface area contributed by atoms with Crippen LogP contribution in [0.5, 0.6) is 0 Å². The number of carbonyl (C=O) groups is 4. The van der Waals surface area contributed by atoms with E-state index < -0.39 is 22.4 Å². The minimum Gasteiger partial charge on any atom is -0.478 e. The van der Waals surface area contributed by atoms with Gasteiger partial charge in [-0.05, 0) is 137 Å². The Bertz CT molecular complexity index is 1460. The molecule has 7 nitrogen and oxygen atoms in total. The monoisotopic (exact) mass is 680 g/mol. The second kappa shape index (κ2) is 12.1. The van der Waals surface area contributed by atoms with Crippen molar-refractivity contribution in [3.8, 4) is 0 Å². The van der Waals surface area contributed by atoms with Crippen LogP contribution in [0.2, 0.25) is 0 Å². The molecule has 7 heteroatoms. The molecule has 0 aliphatic heterocycles. The van der Waals surface area contributed by atoms with Gasteiger partial charge in [0.25, 0.3) is 0 Å². The fraction of sp³-hybridized carbons (Fsp3) is 0.810. The first-order valence-corrected chi connectivity index (χ1v) is 19.0. The topological polar surface area (TPSA) is 107 Å². The van der Waals surface area contributed by atoms with Gasteiger partial charge in [-0.1, -0.05) is 54.5 Å². The van der Waals surface area contributed by atoms with Gasteiger partial charge in [0.1, 0.15) is 11.7 Å². The van der Waals surface area contributed by atoms with Crippen LogP contribution in [0.15, 0.2) is 23.3 Å². The van der Waals surface area contributed by atoms with E-state index in [1.54, 1.807) is 13.8 Å². The molecule has 0 radical (unpaired) electrons. The smallest absolute Gasteiger partial charge is 0.328 e. The Labute approximate surface area is 295 Å². The predicted molar refractivity (Wildman–Crippen MR) is 190 cm³/mol. The van der Waals surface area contributed by atoms with Crippen molar-refractivity contribution in [1.29, 1.82) is 0 Å². The number of fused-ring (bicyclic) bond motifs is 7. The third-order valence-electron chi connectivity index (χ3n) is 14.8. The molecule has 0 bridgehead atoms. The molecule has 1 N–H and O–H groups in total. The minimum atomic E-state index is -0.978. The molecule has 0 heterocycles. The fourth-order valence-electron chi connectivity index (χ4n) is 12.3. The van der Waals surface area contributed by atoms with Crippen molar-refractivity contribution < 1.29 is 33.8 Å². The number of ether oxygens (including phenoxy) is 2. The number of carboxylic acid groups (broad SMARTS) is 1. The molecule has 0 amide bonds. The van der Waals surface area contributed by atoms with Gasteiger partial charge in [0.15, 0.2) is 5.78 Å². The molecule has 0 aromatic carbocycles. The molecule has 0 saturated heterocycles. The first kappa shape index (κ1) is 37.8. The zero-order valence-electron chi connectivity index (χ0n) is 32.5. The lowest BCUT2D eigenvalue weighted by Crippen LogP contribution is -2.65. The number of rotatable bonds is 7. The summed E-state index contributed by atoms with van der Waals surface area (Å²) in [5.74, 6) is -0.247. The highest BCUT2D eigenvalue weighted by Gasteiger charge is 2.70. The first-order chi connectivity index (χ1) is 22.3. The maximum atomic E-state index is 13.7. The molecule has 0 aromatic rings. The van der Waals surface area contributed by atoms with Crippen molar-refractivity contribution in [1.82, 2.24) is 0 Å². The summed E-state index contributed by atoms with van der Waals surface area (Å²) in [7, 11) is 0. The summed E-state index contributed by atoms with van der Waals surface area (Å²) in [6.45, 7) is 25.4. The van der Waals surface area contributed by atoms with Crippen LogP contribution in [0.4, 0.5) is 0 Å². The average Bonchev–Trinajstić information content (AvgIpc) is 3.25. The normalized spacial score (nSPS) is 38.8. The molecule has 5 aliphatic carbocycles. The van der Waals surface area contributed by atoms with Gasteiger partial charge < -0.3 is 14.6 Å². The Hall–Kier alpha value is -2.44. The molecule has 5 aliphatic rings. The van der Waals surface area contributed by atoms with Crippen LogP contribution in [0.3, 0.4) is 0 Å². The summed E-state index contributed by atoms with van der Waals surface area (Å²) in [4.78, 5) is 51.7. The van der Waals surface area contributed by atoms with Gasteiger partial charge in [-0.15, -0.1) is 0 Å². The molecule has 0 unspecified atom stereocenters. The largest absolute Gasteiger partial charge is 0.478 e. The molecule has 0 aromatic heterocycles. The van der Waals surface area contributed by atoms with Crippen LogP contribution in [-0.2, 0) is 28.7 Å². The predicted octanol–water partition coefficient (Wildman–Crippen LogP) is 9.28. The van der Waals surface area contributed by atoms with E-state index in [0.717, 1.165) is 56.9 Å². The quantitative estimate of drug-likeness (QED) is 0.211. The molecular formula is C42H64O7. The number of carbonyl (C=O) groups excluding carboxylic acids is 3. The lowest BCUT2D eigenvalue weighted by molar-refractivity contribution is -0.232. The van der Waals surface area contributed by atoms with Crippen LogP contribution in [0, 0.1) is 56.2 Å². The summed E-state index contributed by atoms with van der Waals surface area (Å²) in [6, 6.07) is 0. The minimum absolute atomic E-state index is 0.00867. The van der Waals surface area contributed by atoms with Crippen LogP contribution < -0.4 is 0 Å². The van der Waals surface area contributed by atoms with Gasteiger partial charge in [0.2, 0.25) is 0 Å². The van der Waals surface area contributed by atoms with E-state index in [2.05, 4.69) is 48.5 Å². The van der Waals surface area contributed by atoms with E-state index >= 15 is 0 Å². The average molecular weight is 681 g/mol. The Morgan fingerprint density at radius 3 is 2.12 bits per heavy atom. The molecule has 4 fully saturated rings. The van der Waals surface area contributed by atoms with E-state index in [-0.39, 0.29) is 63.7 Å². The van der Waals surface area contributed by atoms with Crippen molar-refractivity contribution in [3.63, 3.8) is 0 Å². The van der Waals surface area contributed by atoms with Crippen molar-refractivity contribution >= 4 is 23.7 Å². The van der Waals surface area contributed by atoms with E-state index in [1.807, 2.05) is 26.8 Å². The van der Waals surface area contributed by atoms with Crippen LogP contribution in [0.1, 0.15) is 147 Å². The Morgan fingerprint density at radius 2 is 1.53 bits per heavy atom. The maximum absolute atomic E-state index is 13.7. The number of hydrogen-bond acceptors (Lipinski definition) is 6. The van der Waals surface area contributed by atoms with Crippen LogP contribution >= 0.6 is 0 Å². The summed E-state index contributed by atoms with van der Waals surface area (Å²) in [5, 5.41) is 9.60. The lowest BCUT2D eigenvalue weighted by Gasteiger charge is -2.72. The van der Waals surface area contributed by atoms with Crippen LogP contribution in [0.25, 0.3) is 0 Å². The number of hydrogen-bond donors (Lipinski definition) is 1. The number of allylic oxidation sites excluding steroid dienone is 3. The van der Waals surface area contributed by atoms with E-state index in [4.69, 9.17) is 9.47 Å². The molecule has 8 atom stereocenters. The van der Waals surface area contributed by atoms with E-state index in [0.29, 0.717) is 18.3 Å². The van der Waals surface area contributed by atoms with Crippen molar-refractivity contribution in [2.45, 2.75) is 159 Å². The summed E-state index contributed by atoms with van der Waals surface area (Å²) < 4.78 is 11.9. The highest BCUT2D eigenvalue weighted by atomic mass is 16.6. The van der Waals surface area contributed by atoms with Crippen molar-refractivity contribution in [3.05, 3.63) is 23.3 Å². The number of ketones is 1. The van der Waals surface area contributed by atoms with E-state index in [9.17, 15) is 24.3 Å². The zero-order valence-corrected chi connectivity index (χ0v) is 32.5. The van der Waals surface area contributed by atoms with Gasteiger partial charge in [-0.2, -0.15) is 0 Å². The van der Waals surface area contributed by atoms with Gasteiger partial charge in [-0.3, -0.25) is 14.4 Å². The second-order valence-electron chi connectivity index (χ2n) is 19.9. The third kappa shape index (κ3) is 6.05. The number of aliphatic carboxylic acids is 1. The van der Waals surface area contributed by atoms with Gasteiger partial charge in [0.05, 0.1) is 11.8 Å². The highest BCUT2D eigenvalue weighted by molar-refractivity contribution is 6.01. The SMILES string of the molecule is CC(C)C1=C2[C@H]3CC[C@@H]4[C@@]5(C)CC[C@H](OC(=O)CC(C)(C)C(=O)OC(C)(C)C)C(C)(C)[C@@H]5CC[C@@]4(C)[C@]3(C)CC[C@@]2(/C=C/C(=O)O)CC1=O. The number of carboxylic acids is 1.